The summed E-state index contributed by atoms with van der Waals surface area (Å²) in [6, 6.07) is 1.52. The second-order valence-electron chi connectivity index (χ2n) is 3.42. The Kier molecular flexibility index (Phi) is 3.48. The molecule has 1 N–H and O–H groups in total. The van der Waals surface area contributed by atoms with Crippen LogP contribution in [-0.4, -0.2) is 9.97 Å². The number of rotatable bonds is 3. The third-order valence-corrected chi connectivity index (χ3v) is 1.84. The highest BCUT2D eigenvalue weighted by atomic mass is 35.5. The van der Waals surface area contributed by atoms with Crippen LogP contribution in [0.2, 0.25) is 0 Å². The summed E-state index contributed by atoms with van der Waals surface area (Å²) in [5.41, 5.74) is 0.690. The molecular formula is C9H13ClN2O. The van der Waals surface area contributed by atoms with Crippen LogP contribution in [0.25, 0.3) is 0 Å². The van der Waals surface area contributed by atoms with Crippen molar-refractivity contribution in [3.05, 3.63) is 27.9 Å². The Balaban J connectivity index is 2.95. The van der Waals surface area contributed by atoms with Crippen molar-refractivity contribution in [1.29, 1.82) is 0 Å². The highest BCUT2D eigenvalue weighted by Gasteiger charge is 2.02. The smallest absolute Gasteiger partial charge is 0.251 e. The van der Waals surface area contributed by atoms with Crippen LogP contribution < -0.4 is 5.56 Å². The molecule has 0 saturated heterocycles. The summed E-state index contributed by atoms with van der Waals surface area (Å²) in [6.07, 6.45) is 0.813. The fourth-order valence-corrected chi connectivity index (χ4v) is 1.28. The van der Waals surface area contributed by atoms with Crippen LogP contribution in [0.4, 0.5) is 0 Å². The Labute approximate surface area is 82.2 Å². The maximum atomic E-state index is 11.1. The van der Waals surface area contributed by atoms with Gasteiger partial charge in [0, 0.05) is 11.8 Å². The van der Waals surface area contributed by atoms with Crippen LogP contribution in [0.3, 0.4) is 0 Å². The topological polar surface area (TPSA) is 45.8 Å². The standard InChI is InChI=1S/C9H13ClN2O/c1-6(2)3-7-4-9(13)12-8(5-10)11-7/h4,6H,3,5H2,1-2H3,(H,11,12,13). The highest BCUT2D eigenvalue weighted by molar-refractivity contribution is 6.16. The maximum absolute atomic E-state index is 11.1. The molecule has 0 unspecified atom stereocenters. The number of alkyl halides is 1. The normalized spacial score (nSPS) is 10.8. The van der Waals surface area contributed by atoms with Gasteiger partial charge < -0.3 is 4.98 Å². The molecule has 1 rings (SSSR count). The van der Waals surface area contributed by atoms with E-state index >= 15 is 0 Å². The van der Waals surface area contributed by atoms with Crippen molar-refractivity contribution in [3.63, 3.8) is 0 Å². The van der Waals surface area contributed by atoms with Crippen molar-refractivity contribution in [1.82, 2.24) is 9.97 Å². The quantitative estimate of drug-likeness (QED) is 0.756. The molecule has 13 heavy (non-hydrogen) atoms. The highest BCUT2D eigenvalue weighted by Crippen LogP contribution is 2.03. The molecular weight excluding hydrogens is 188 g/mol. The van der Waals surface area contributed by atoms with Gasteiger partial charge in [-0.3, -0.25) is 4.79 Å². The Morgan fingerprint density at radius 2 is 2.31 bits per heavy atom. The minimum atomic E-state index is -0.124. The molecule has 4 heteroatoms. The van der Waals surface area contributed by atoms with Crippen molar-refractivity contribution >= 4 is 11.6 Å². The summed E-state index contributed by atoms with van der Waals surface area (Å²) in [4.78, 5) is 17.9. The molecule has 1 aromatic heterocycles. The molecule has 0 aromatic carbocycles. The Morgan fingerprint density at radius 1 is 1.62 bits per heavy atom. The van der Waals surface area contributed by atoms with E-state index in [1.165, 1.54) is 6.07 Å². The monoisotopic (exact) mass is 200 g/mol. The summed E-state index contributed by atoms with van der Waals surface area (Å²) in [7, 11) is 0. The molecule has 72 valence electrons. The zero-order valence-corrected chi connectivity index (χ0v) is 8.56. The number of hydrogen-bond donors (Lipinski definition) is 1. The lowest BCUT2D eigenvalue weighted by Gasteiger charge is -2.04. The molecule has 0 fully saturated rings. The van der Waals surface area contributed by atoms with Crippen molar-refractivity contribution in [2.45, 2.75) is 26.1 Å². The van der Waals surface area contributed by atoms with Crippen molar-refractivity contribution < 1.29 is 0 Å². The average Bonchev–Trinajstić information content (AvgIpc) is 2.01. The number of aromatic nitrogens is 2. The Hall–Kier alpha value is -0.830. The van der Waals surface area contributed by atoms with Crippen LogP contribution in [0, 0.1) is 5.92 Å². The minimum Gasteiger partial charge on any atom is -0.310 e. The van der Waals surface area contributed by atoms with Crippen molar-refractivity contribution in [2.75, 3.05) is 0 Å². The number of nitrogens with one attached hydrogen (secondary N) is 1. The van der Waals surface area contributed by atoms with E-state index in [0.717, 1.165) is 12.1 Å². The van der Waals surface area contributed by atoms with Crippen LogP contribution in [0.1, 0.15) is 25.4 Å². The molecule has 0 aliphatic carbocycles. The molecule has 0 saturated carbocycles. The predicted octanol–water partition coefficient (Wildman–Crippen LogP) is 1.71. The van der Waals surface area contributed by atoms with Gasteiger partial charge in [-0.1, -0.05) is 13.8 Å². The number of nitrogens with zero attached hydrogens (tertiary/aromatic N) is 1. The van der Waals surface area contributed by atoms with Crippen molar-refractivity contribution in [2.24, 2.45) is 5.92 Å². The van der Waals surface area contributed by atoms with Gasteiger partial charge in [-0.25, -0.2) is 4.98 Å². The molecule has 0 spiro atoms. The molecule has 0 bridgehead atoms. The van der Waals surface area contributed by atoms with Gasteiger partial charge in [0.1, 0.15) is 5.82 Å². The third kappa shape index (κ3) is 3.19. The minimum absolute atomic E-state index is 0.124. The number of hydrogen-bond acceptors (Lipinski definition) is 2. The third-order valence-electron chi connectivity index (χ3n) is 1.59. The molecule has 1 heterocycles. The number of H-pyrrole nitrogens is 1. The van der Waals surface area contributed by atoms with E-state index < -0.39 is 0 Å². The first kappa shape index (κ1) is 10.3. The second-order valence-corrected chi connectivity index (χ2v) is 3.68. The molecule has 0 aliphatic heterocycles. The van der Waals surface area contributed by atoms with Crippen LogP contribution >= 0.6 is 11.6 Å². The summed E-state index contributed by atoms with van der Waals surface area (Å²) >= 11 is 5.57. The SMILES string of the molecule is CC(C)Cc1cc(=O)[nH]c(CCl)n1. The zero-order chi connectivity index (χ0) is 9.84. The summed E-state index contributed by atoms with van der Waals surface area (Å²) in [6.45, 7) is 4.17. The van der Waals surface area contributed by atoms with Gasteiger partial charge in [-0.05, 0) is 12.3 Å². The largest absolute Gasteiger partial charge is 0.310 e. The summed E-state index contributed by atoms with van der Waals surface area (Å²) in [5.74, 6) is 1.29. The van der Waals surface area contributed by atoms with Crippen LogP contribution in [0.15, 0.2) is 10.9 Å². The van der Waals surface area contributed by atoms with E-state index in [2.05, 4.69) is 23.8 Å². The summed E-state index contributed by atoms with van der Waals surface area (Å²) < 4.78 is 0. The van der Waals surface area contributed by atoms with E-state index in [1.54, 1.807) is 0 Å². The van der Waals surface area contributed by atoms with E-state index in [0.29, 0.717) is 11.7 Å². The zero-order valence-electron chi connectivity index (χ0n) is 7.80. The van der Waals surface area contributed by atoms with Crippen LogP contribution in [0.5, 0.6) is 0 Å². The van der Waals surface area contributed by atoms with Crippen LogP contribution in [-0.2, 0) is 12.3 Å². The van der Waals surface area contributed by atoms with E-state index in [-0.39, 0.29) is 11.4 Å². The van der Waals surface area contributed by atoms with Gasteiger partial charge in [0.25, 0.3) is 5.56 Å². The number of aromatic amines is 1. The molecule has 1 aromatic rings. The maximum Gasteiger partial charge on any atom is 0.251 e. The first-order valence-electron chi connectivity index (χ1n) is 4.27. The van der Waals surface area contributed by atoms with Gasteiger partial charge in [-0.15, -0.1) is 11.6 Å². The molecule has 0 amide bonds. The fourth-order valence-electron chi connectivity index (χ4n) is 1.15. The average molecular weight is 201 g/mol. The van der Waals surface area contributed by atoms with E-state index in [4.69, 9.17) is 11.6 Å². The summed E-state index contributed by atoms with van der Waals surface area (Å²) in [5, 5.41) is 0. The Bertz CT molecular complexity index is 333. The van der Waals surface area contributed by atoms with Gasteiger partial charge in [-0.2, -0.15) is 0 Å². The van der Waals surface area contributed by atoms with Gasteiger partial charge >= 0.3 is 0 Å². The number of halogens is 1. The lowest BCUT2D eigenvalue weighted by molar-refractivity contribution is 0.630. The Morgan fingerprint density at radius 3 is 2.85 bits per heavy atom. The molecule has 3 nitrogen and oxygen atoms in total. The van der Waals surface area contributed by atoms with E-state index in [1.807, 2.05) is 0 Å². The first-order chi connectivity index (χ1) is 6.11. The van der Waals surface area contributed by atoms with Gasteiger partial charge in [0.15, 0.2) is 0 Å². The van der Waals surface area contributed by atoms with Gasteiger partial charge in [0.2, 0.25) is 0 Å². The lowest BCUT2D eigenvalue weighted by Crippen LogP contribution is -2.13. The molecule has 0 radical (unpaired) electrons. The van der Waals surface area contributed by atoms with Crippen molar-refractivity contribution in [3.8, 4) is 0 Å². The fraction of sp³-hybridized carbons (Fsp3) is 0.556. The second kappa shape index (κ2) is 4.42. The first-order valence-corrected chi connectivity index (χ1v) is 4.80. The van der Waals surface area contributed by atoms with Gasteiger partial charge in [0.05, 0.1) is 5.88 Å². The molecule has 0 aliphatic rings. The lowest BCUT2D eigenvalue weighted by atomic mass is 10.1. The van der Waals surface area contributed by atoms with E-state index in [9.17, 15) is 4.79 Å². The molecule has 0 atom stereocenters. The predicted molar refractivity (Wildman–Crippen MR) is 53.0 cm³/mol.